The van der Waals surface area contributed by atoms with Crippen molar-refractivity contribution in [1.29, 1.82) is 0 Å². The van der Waals surface area contributed by atoms with Crippen LogP contribution in [0.4, 0.5) is 0 Å². The van der Waals surface area contributed by atoms with Crippen LogP contribution in [0.2, 0.25) is 0 Å². The second kappa shape index (κ2) is 8.10. The molecule has 0 saturated heterocycles. The lowest BCUT2D eigenvalue weighted by molar-refractivity contribution is -0.147. The number of nitrogens with two attached hydrogens (primary N) is 1. The predicted octanol–water partition coefficient (Wildman–Crippen LogP) is 1.13. The molecule has 5 heteroatoms. The molecule has 0 unspecified atom stereocenters. The minimum atomic E-state index is -0.710. The van der Waals surface area contributed by atoms with Crippen LogP contribution in [0, 0.1) is 0 Å². The van der Waals surface area contributed by atoms with Crippen molar-refractivity contribution in [2.45, 2.75) is 12.6 Å². The summed E-state index contributed by atoms with van der Waals surface area (Å²) in [6, 6.07) is 8.74. The molecule has 0 radical (unpaired) electrons. The van der Waals surface area contributed by atoms with E-state index in [1.807, 2.05) is 30.3 Å². The zero-order valence-electron chi connectivity index (χ0n) is 9.09. The Balaban J connectivity index is 0.00000225. The highest BCUT2D eigenvalue weighted by atomic mass is 35.5. The van der Waals surface area contributed by atoms with Crippen molar-refractivity contribution in [1.82, 2.24) is 0 Å². The Morgan fingerprint density at radius 2 is 2.00 bits per heavy atom. The van der Waals surface area contributed by atoms with Crippen molar-refractivity contribution in [2.75, 3.05) is 13.7 Å². The molecule has 0 aliphatic rings. The van der Waals surface area contributed by atoms with Crippen LogP contribution in [0.1, 0.15) is 5.56 Å². The van der Waals surface area contributed by atoms with Gasteiger partial charge in [0.25, 0.3) is 0 Å². The summed E-state index contributed by atoms with van der Waals surface area (Å²) in [5, 5.41) is 0. The smallest absolute Gasteiger partial charge is 0.325 e. The first kappa shape index (κ1) is 14.9. The van der Waals surface area contributed by atoms with E-state index < -0.39 is 12.0 Å². The third kappa shape index (κ3) is 5.11. The summed E-state index contributed by atoms with van der Waals surface area (Å²) in [5.74, 6) is -0.444. The van der Waals surface area contributed by atoms with Gasteiger partial charge in [-0.05, 0) is 5.56 Å². The van der Waals surface area contributed by atoms with Crippen molar-refractivity contribution in [2.24, 2.45) is 5.73 Å². The summed E-state index contributed by atoms with van der Waals surface area (Å²) in [6.07, 6.45) is 0. The van der Waals surface area contributed by atoms with Gasteiger partial charge in [0.1, 0.15) is 12.6 Å². The maximum atomic E-state index is 11.3. The number of benzene rings is 1. The van der Waals surface area contributed by atoms with E-state index in [1.54, 1.807) is 0 Å². The fraction of sp³-hybridized carbons (Fsp3) is 0.364. The molecule has 2 N–H and O–H groups in total. The zero-order chi connectivity index (χ0) is 11.1. The van der Waals surface area contributed by atoms with E-state index in [1.165, 1.54) is 7.11 Å². The number of carbonyl (C=O) groups is 1. The van der Waals surface area contributed by atoms with Crippen LogP contribution in [0.5, 0.6) is 0 Å². The summed E-state index contributed by atoms with van der Waals surface area (Å²) in [6.45, 7) is 0.421. The number of hydrogen-bond donors (Lipinski definition) is 1. The summed E-state index contributed by atoms with van der Waals surface area (Å²) in [5.41, 5.74) is 6.43. The minimum absolute atomic E-state index is 0. The fourth-order valence-corrected chi connectivity index (χ4v) is 1.08. The number of hydrogen-bond acceptors (Lipinski definition) is 4. The van der Waals surface area contributed by atoms with Gasteiger partial charge in [-0.15, -0.1) is 12.4 Å². The largest absolute Gasteiger partial charge is 0.460 e. The van der Waals surface area contributed by atoms with Gasteiger partial charge in [0, 0.05) is 7.11 Å². The Bertz CT molecular complexity index is 305. The molecule has 1 rings (SSSR count). The van der Waals surface area contributed by atoms with E-state index in [0.717, 1.165) is 5.56 Å². The van der Waals surface area contributed by atoms with Crippen LogP contribution in [0.25, 0.3) is 0 Å². The van der Waals surface area contributed by atoms with Crippen molar-refractivity contribution in [3.8, 4) is 0 Å². The van der Waals surface area contributed by atoms with Crippen LogP contribution in [-0.4, -0.2) is 25.7 Å². The number of halogens is 1. The fourth-order valence-electron chi connectivity index (χ4n) is 1.08. The van der Waals surface area contributed by atoms with E-state index in [9.17, 15) is 4.79 Å². The normalized spacial score (nSPS) is 11.4. The number of ether oxygens (including phenoxy) is 2. The number of rotatable bonds is 5. The maximum absolute atomic E-state index is 11.3. The molecule has 0 heterocycles. The molecule has 4 nitrogen and oxygen atoms in total. The number of carbonyl (C=O) groups excluding carboxylic acids is 1. The molecule has 1 aromatic rings. The third-order valence-electron chi connectivity index (χ3n) is 1.87. The van der Waals surface area contributed by atoms with Crippen molar-refractivity contribution >= 4 is 18.4 Å². The SMILES string of the molecule is COC[C@H](N)C(=O)OCc1ccccc1.Cl. The second-order valence-corrected chi connectivity index (χ2v) is 3.16. The van der Waals surface area contributed by atoms with Gasteiger partial charge in [0.05, 0.1) is 6.61 Å². The summed E-state index contributed by atoms with van der Waals surface area (Å²) < 4.78 is 9.75. The molecule has 0 saturated carbocycles. The van der Waals surface area contributed by atoms with Crippen molar-refractivity contribution in [3.63, 3.8) is 0 Å². The van der Waals surface area contributed by atoms with E-state index in [2.05, 4.69) is 0 Å². The molecule has 0 fully saturated rings. The summed E-state index contributed by atoms with van der Waals surface area (Å²) in [4.78, 5) is 11.3. The molecule has 1 atom stereocenters. The molecule has 0 bridgehead atoms. The average Bonchev–Trinajstić information content (AvgIpc) is 2.27. The van der Waals surface area contributed by atoms with Gasteiger partial charge in [-0.2, -0.15) is 0 Å². The Hall–Kier alpha value is -1.10. The van der Waals surface area contributed by atoms with Gasteiger partial charge in [0.15, 0.2) is 0 Å². The topological polar surface area (TPSA) is 61.5 Å². The van der Waals surface area contributed by atoms with E-state index in [0.29, 0.717) is 0 Å². The van der Waals surface area contributed by atoms with Gasteiger partial charge in [-0.3, -0.25) is 4.79 Å². The minimum Gasteiger partial charge on any atom is -0.460 e. The predicted molar refractivity (Wildman–Crippen MR) is 63.3 cm³/mol. The van der Waals surface area contributed by atoms with Crippen LogP contribution in [0.15, 0.2) is 30.3 Å². The maximum Gasteiger partial charge on any atom is 0.325 e. The Morgan fingerprint density at radius 3 is 2.56 bits per heavy atom. The molecule has 90 valence electrons. The molecule has 0 amide bonds. The average molecular weight is 246 g/mol. The third-order valence-corrected chi connectivity index (χ3v) is 1.87. The molecule has 1 aromatic carbocycles. The van der Waals surface area contributed by atoms with E-state index in [-0.39, 0.29) is 25.6 Å². The monoisotopic (exact) mass is 245 g/mol. The zero-order valence-corrected chi connectivity index (χ0v) is 9.91. The highest BCUT2D eigenvalue weighted by Crippen LogP contribution is 2.01. The highest BCUT2D eigenvalue weighted by Gasteiger charge is 2.14. The molecule has 0 spiro atoms. The number of esters is 1. The van der Waals surface area contributed by atoms with Gasteiger partial charge >= 0.3 is 5.97 Å². The highest BCUT2D eigenvalue weighted by molar-refractivity contribution is 5.85. The van der Waals surface area contributed by atoms with Gasteiger partial charge in [-0.1, -0.05) is 30.3 Å². The molecule has 0 aliphatic carbocycles. The lowest BCUT2D eigenvalue weighted by Crippen LogP contribution is -2.36. The van der Waals surface area contributed by atoms with Crippen LogP contribution in [0.3, 0.4) is 0 Å². The number of methoxy groups -OCH3 is 1. The summed E-state index contributed by atoms with van der Waals surface area (Å²) >= 11 is 0. The van der Waals surface area contributed by atoms with E-state index in [4.69, 9.17) is 15.2 Å². The summed E-state index contributed by atoms with van der Waals surface area (Å²) in [7, 11) is 1.49. The molecule has 0 aromatic heterocycles. The standard InChI is InChI=1S/C11H15NO3.ClH/c1-14-8-10(12)11(13)15-7-9-5-3-2-4-6-9;/h2-6,10H,7-8,12H2,1H3;1H/t10-;/m0./s1. The van der Waals surface area contributed by atoms with Crippen LogP contribution >= 0.6 is 12.4 Å². The van der Waals surface area contributed by atoms with Crippen LogP contribution < -0.4 is 5.73 Å². The van der Waals surface area contributed by atoms with Gasteiger partial charge in [-0.25, -0.2) is 0 Å². The molecule has 0 aliphatic heterocycles. The van der Waals surface area contributed by atoms with Crippen molar-refractivity contribution < 1.29 is 14.3 Å². The second-order valence-electron chi connectivity index (χ2n) is 3.16. The molecular formula is C11H16ClNO3. The van der Waals surface area contributed by atoms with Crippen LogP contribution in [-0.2, 0) is 20.9 Å². The quantitative estimate of drug-likeness (QED) is 0.790. The molecular weight excluding hydrogens is 230 g/mol. The van der Waals surface area contributed by atoms with E-state index >= 15 is 0 Å². The Kier molecular flexibility index (Phi) is 7.54. The van der Waals surface area contributed by atoms with Gasteiger partial charge < -0.3 is 15.2 Å². The van der Waals surface area contributed by atoms with Crippen molar-refractivity contribution in [3.05, 3.63) is 35.9 Å². The lowest BCUT2D eigenvalue weighted by Gasteiger charge is -2.10. The first-order valence-electron chi connectivity index (χ1n) is 4.69. The Labute approximate surface area is 101 Å². The first-order chi connectivity index (χ1) is 7.24. The lowest BCUT2D eigenvalue weighted by atomic mass is 10.2. The first-order valence-corrected chi connectivity index (χ1v) is 4.69. The molecule has 16 heavy (non-hydrogen) atoms. The Morgan fingerprint density at radius 1 is 1.38 bits per heavy atom. The van der Waals surface area contributed by atoms with Gasteiger partial charge in [0.2, 0.25) is 0 Å².